The molecule has 2 rings (SSSR count). The molecule has 1 saturated heterocycles. The zero-order valence-corrected chi connectivity index (χ0v) is 11.0. The third-order valence-corrected chi connectivity index (χ3v) is 3.01. The number of aromatic nitrogens is 2. The Morgan fingerprint density at radius 1 is 1.56 bits per heavy atom. The molecule has 88 valence electrons. The van der Waals surface area contributed by atoms with Gasteiger partial charge in [-0.1, -0.05) is 0 Å². The highest BCUT2D eigenvalue weighted by atomic mass is 79.9. The van der Waals surface area contributed by atoms with E-state index >= 15 is 0 Å². The van der Waals surface area contributed by atoms with Crippen LogP contribution in [-0.4, -0.2) is 29.2 Å². The van der Waals surface area contributed by atoms with Crippen molar-refractivity contribution in [1.29, 1.82) is 0 Å². The van der Waals surface area contributed by atoms with Gasteiger partial charge in [-0.3, -0.25) is 0 Å². The van der Waals surface area contributed by atoms with E-state index in [4.69, 9.17) is 4.74 Å². The average Bonchev–Trinajstić information content (AvgIpc) is 2.69. The summed E-state index contributed by atoms with van der Waals surface area (Å²) in [5, 5.41) is 3.29. The second-order valence-electron chi connectivity index (χ2n) is 3.97. The maximum absolute atomic E-state index is 5.56. The maximum atomic E-state index is 5.56. The van der Waals surface area contributed by atoms with Gasteiger partial charge in [0, 0.05) is 19.2 Å². The molecule has 1 aliphatic rings. The van der Waals surface area contributed by atoms with Gasteiger partial charge < -0.3 is 10.1 Å². The van der Waals surface area contributed by atoms with Crippen LogP contribution in [0.1, 0.15) is 25.1 Å². The Labute approximate surface area is 104 Å². The third kappa shape index (κ3) is 3.42. The van der Waals surface area contributed by atoms with E-state index in [1.54, 1.807) is 0 Å². The van der Waals surface area contributed by atoms with Gasteiger partial charge in [0.2, 0.25) is 0 Å². The molecule has 0 aliphatic carbocycles. The number of rotatable bonds is 4. The van der Waals surface area contributed by atoms with Crippen molar-refractivity contribution in [2.45, 2.75) is 32.3 Å². The van der Waals surface area contributed by atoms with Gasteiger partial charge in [-0.05, 0) is 42.1 Å². The molecule has 4 nitrogen and oxygen atoms in total. The molecule has 0 spiro atoms. The van der Waals surface area contributed by atoms with Crippen molar-refractivity contribution in [2.75, 3.05) is 18.5 Å². The Morgan fingerprint density at radius 2 is 2.44 bits per heavy atom. The highest BCUT2D eigenvalue weighted by Crippen LogP contribution is 2.16. The molecular formula is C11H16BrN3O. The molecule has 5 heteroatoms. The number of halogens is 1. The molecule has 0 bridgehead atoms. The van der Waals surface area contributed by atoms with Gasteiger partial charge in [-0.2, -0.15) is 0 Å². The Morgan fingerprint density at radius 3 is 3.12 bits per heavy atom. The number of ether oxygens (including phenoxy) is 1. The van der Waals surface area contributed by atoms with E-state index in [1.807, 2.05) is 13.0 Å². The van der Waals surface area contributed by atoms with E-state index in [9.17, 15) is 0 Å². The maximum Gasteiger partial charge on any atom is 0.130 e. The normalized spacial score (nSPS) is 20.0. The first-order chi connectivity index (χ1) is 7.74. The predicted octanol–water partition coefficient (Wildman–Crippen LogP) is 2.53. The first-order valence-electron chi connectivity index (χ1n) is 5.61. The van der Waals surface area contributed by atoms with Crippen LogP contribution < -0.4 is 5.32 Å². The van der Waals surface area contributed by atoms with E-state index in [0.29, 0.717) is 6.10 Å². The van der Waals surface area contributed by atoms with Crippen LogP contribution in [0.4, 0.5) is 5.82 Å². The van der Waals surface area contributed by atoms with Crippen LogP contribution in [0.25, 0.3) is 0 Å². The van der Waals surface area contributed by atoms with Crippen molar-refractivity contribution < 1.29 is 4.74 Å². The van der Waals surface area contributed by atoms with Crippen molar-refractivity contribution in [3.63, 3.8) is 0 Å². The Kier molecular flexibility index (Phi) is 4.12. The molecule has 0 aromatic carbocycles. The number of hydrogen-bond acceptors (Lipinski definition) is 4. The molecule has 1 N–H and O–H groups in total. The first-order valence-corrected chi connectivity index (χ1v) is 6.40. The Bertz CT molecular complexity index is 333. The second-order valence-corrected chi connectivity index (χ2v) is 4.79. The summed E-state index contributed by atoms with van der Waals surface area (Å²) in [6, 6.07) is 1.89. The van der Waals surface area contributed by atoms with Crippen LogP contribution in [0.5, 0.6) is 0 Å². The fourth-order valence-corrected chi connectivity index (χ4v) is 2.33. The minimum Gasteiger partial charge on any atom is -0.378 e. The molecule has 0 amide bonds. The number of aryl methyl sites for hydroxylation is 1. The van der Waals surface area contributed by atoms with Gasteiger partial charge in [-0.15, -0.1) is 0 Å². The van der Waals surface area contributed by atoms with Crippen molar-refractivity contribution in [1.82, 2.24) is 9.97 Å². The Hall–Kier alpha value is -0.680. The van der Waals surface area contributed by atoms with Gasteiger partial charge in [0.05, 0.1) is 6.10 Å². The highest BCUT2D eigenvalue weighted by Gasteiger charge is 2.14. The fourth-order valence-electron chi connectivity index (χ4n) is 1.86. The monoisotopic (exact) mass is 285 g/mol. The molecule has 16 heavy (non-hydrogen) atoms. The lowest BCUT2D eigenvalue weighted by molar-refractivity contribution is 0.107. The summed E-state index contributed by atoms with van der Waals surface area (Å²) in [5.74, 6) is 1.64. The quantitative estimate of drug-likeness (QED) is 0.864. The lowest BCUT2D eigenvalue weighted by Crippen LogP contribution is -2.13. The van der Waals surface area contributed by atoms with Crippen molar-refractivity contribution in [3.8, 4) is 0 Å². The predicted molar refractivity (Wildman–Crippen MR) is 66.5 cm³/mol. The standard InChI is InChI=1S/C11H16BrN3O/c1-8-14-10(12)7-11(15-8)13-5-4-9-3-2-6-16-9/h7,9H,2-6H2,1H3,(H,13,14,15). The second kappa shape index (κ2) is 5.59. The van der Waals surface area contributed by atoms with Gasteiger partial charge in [-0.25, -0.2) is 9.97 Å². The van der Waals surface area contributed by atoms with Crippen molar-refractivity contribution in [2.24, 2.45) is 0 Å². The minimum absolute atomic E-state index is 0.430. The van der Waals surface area contributed by atoms with Crippen LogP contribution in [-0.2, 0) is 4.74 Å². The van der Waals surface area contributed by atoms with E-state index in [1.165, 1.54) is 12.8 Å². The molecule has 2 heterocycles. The van der Waals surface area contributed by atoms with Crippen molar-refractivity contribution in [3.05, 3.63) is 16.5 Å². The molecule has 1 aliphatic heterocycles. The SMILES string of the molecule is Cc1nc(Br)cc(NCCC2CCCO2)n1. The molecule has 1 aromatic rings. The fraction of sp³-hybridized carbons (Fsp3) is 0.636. The van der Waals surface area contributed by atoms with E-state index < -0.39 is 0 Å². The Balaban J connectivity index is 1.80. The molecule has 1 fully saturated rings. The summed E-state index contributed by atoms with van der Waals surface area (Å²) in [7, 11) is 0. The highest BCUT2D eigenvalue weighted by molar-refractivity contribution is 9.10. The average molecular weight is 286 g/mol. The van der Waals surface area contributed by atoms with E-state index in [0.717, 1.165) is 35.8 Å². The number of anilines is 1. The molecular weight excluding hydrogens is 270 g/mol. The van der Waals surface area contributed by atoms with Gasteiger partial charge in [0.1, 0.15) is 16.2 Å². The van der Waals surface area contributed by atoms with Crippen LogP contribution in [0.2, 0.25) is 0 Å². The van der Waals surface area contributed by atoms with Crippen LogP contribution in [0.3, 0.4) is 0 Å². The lowest BCUT2D eigenvalue weighted by Gasteiger charge is -2.10. The van der Waals surface area contributed by atoms with Gasteiger partial charge >= 0.3 is 0 Å². The largest absolute Gasteiger partial charge is 0.378 e. The van der Waals surface area contributed by atoms with Crippen LogP contribution >= 0.6 is 15.9 Å². The number of nitrogens with zero attached hydrogens (tertiary/aromatic N) is 2. The summed E-state index contributed by atoms with van der Waals surface area (Å²) < 4.78 is 6.38. The molecule has 1 aromatic heterocycles. The number of hydrogen-bond donors (Lipinski definition) is 1. The summed E-state index contributed by atoms with van der Waals surface area (Å²) in [6.07, 6.45) is 3.86. The van der Waals surface area contributed by atoms with Gasteiger partial charge in [0.25, 0.3) is 0 Å². The first kappa shape index (κ1) is 11.8. The summed E-state index contributed by atoms with van der Waals surface area (Å²) >= 11 is 3.36. The van der Waals surface area contributed by atoms with Crippen molar-refractivity contribution >= 4 is 21.7 Å². The smallest absolute Gasteiger partial charge is 0.130 e. The zero-order valence-electron chi connectivity index (χ0n) is 9.37. The molecule has 0 saturated carbocycles. The summed E-state index contributed by atoms with van der Waals surface area (Å²) in [6.45, 7) is 3.70. The van der Waals surface area contributed by atoms with Crippen LogP contribution in [0.15, 0.2) is 10.7 Å². The zero-order chi connectivity index (χ0) is 11.4. The lowest BCUT2D eigenvalue weighted by atomic mass is 10.2. The van der Waals surface area contributed by atoms with E-state index in [-0.39, 0.29) is 0 Å². The summed E-state index contributed by atoms with van der Waals surface area (Å²) in [5.41, 5.74) is 0. The summed E-state index contributed by atoms with van der Waals surface area (Å²) in [4.78, 5) is 8.47. The van der Waals surface area contributed by atoms with Crippen LogP contribution in [0, 0.1) is 6.92 Å². The third-order valence-electron chi connectivity index (χ3n) is 2.60. The van der Waals surface area contributed by atoms with Gasteiger partial charge in [0.15, 0.2) is 0 Å². The topological polar surface area (TPSA) is 47.0 Å². The number of nitrogens with one attached hydrogen (secondary N) is 1. The molecule has 1 atom stereocenters. The minimum atomic E-state index is 0.430. The van der Waals surface area contributed by atoms with E-state index in [2.05, 4.69) is 31.2 Å². The molecule has 1 unspecified atom stereocenters. The molecule has 0 radical (unpaired) electrons.